The lowest BCUT2D eigenvalue weighted by molar-refractivity contribution is -0.134. The topological polar surface area (TPSA) is 238 Å². The Bertz CT molecular complexity index is 1320. The molecule has 0 aliphatic heterocycles. The zero-order valence-electron chi connectivity index (χ0n) is 32.5. The molecule has 2 rings (SSSR count). The largest absolute Gasteiger partial charge is 0.383 e. The Labute approximate surface area is 321 Å². The third-order valence-corrected chi connectivity index (χ3v) is 8.08. The van der Waals surface area contributed by atoms with Crippen LogP contribution in [0.15, 0.2) is 60.7 Å². The lowest BCUT2D eigenvalue weighted by atomic mass is 9.99. The average molecular weight is 765 g/mol. The van der Waals surface area contributed by atoms with Gasteiger partial charge in [-0.25, -0.2) is 0 Å². The highest BCUT2D eigenvalue weighted by atomic mass is 16.5. The first-order chi connectivity index (χ1) is 24.9. The van der Waals surface area contributed by atoms with Gasteiger partial charge in [0.1, 0.15) is 30.5 Å². The average Bonchev–Trinajstić information content (AvgIpc) is 3.14. The molecule has 0 saturated heterocycles. The summed E-state index contributed by atoms with van der Waals surface area (Å²) in [4.78, 5) is 50.0. The highest BCUT2D eigenvalue weighted by Crippen LogP contribution is 2.16. The SMILES string of the molecule is C.CCCC(C)C(O)C(=O)NCC(O)NC(C(=O)N(C)C)c1ccccc1.CCCC(C)C(O)C(=O)NCC(O)O.CN(C)C(=O)C(N)c1ccccc1. The van der Waals surface area contributed by atoms with Crippen LogP contribution in [0.3, 0.4) is 0 Å². The molecule has 0 aliphatic rings. The predicted octanol–water partition coefficient (Wildman–Crippen LogP) is 1.26. The standard InChI is InChI=1S/C19H31N3O4.C10H14N2O.C9H19NO4.CH4/c1-5-9-13(2)17(24)18(25)20-12-15(23)21-16(19(26)22(3)4)14-10-7-6-8-11-14;1-12(2)10(13)9(11)8-6-4-3-5-7-8;1-3-4-6(2)8(13)9(14)10-5-7(11)12;/h6-8,10-11,13,15-17,21,23-24H,5,9,12H2,1-4H3,(H,20,25);3-7,9H,11H2,1-2H3;6-8,11-13H,3-5H2,1-2H3,(H,10,14);1H4. The number of aliphatic hydroxyl groups is 5. The van der Waals surface area contributed by atoms with Gasteiger partial charge in [0.15, 0.2) is 6.29 Å². The molecule has 7 unspecified atom stereocenters. The highest BCUT2D eigenvalue weighted by molar-refractivity contribution is 5.83. The molecule has 0 bridgehead atoms. The molecule has 10 N–H and O–H groups in total. The van der Waals surface area contributed by atoms with Crippen LogP contribution < -0.4 is 21.7 Å². The summed E-state index contributed by atoms with van der Waals surface area (Å²) in [6.45, 7) is 7.18. The molecule has 0 aliphatic carbocycles. The maximum atomic E-state index is 12.4. The normalized spacial score (nSPS) is 14.4. The number of carbonyl (C=O) groups excluding carboxylic acids is 4. The fourth-order valence-electron chi connectivity index (χ4n) is 4.89. The van der Waals surface area contributed by atoms with Crippen molar-refractivity contribution >= 4 is 23.6 Å². The molecule has 4 amide bonds. The fraction of sp³-hybridized carbons (Fsp3) is 0.590. The van der Waals surface area contributed by atoms with E-state index < -0.39 is 48.6 Å². The number of nitrogens with zero attached hydrogens (tertiary/aromatic N) is 2. The van der Waals surface area contributed by atoms with Gasteiger partial charge in [0.2, 0.25) is 23.6 Å². The van der Waals surface area contributed by atoms with E-state index in [-0.39, 0.29) is 44.2 Å². The monoisotopic (exact) mass is 765 g/mol. The van der Waals surface area contributed by atoms with E-state index in [9.17, 15) is 34.5 Å². The van der Waals surface area contributed by atoms with E-state index in [4.69, 9.17) is 15.9 Å². The van der Waals surface area contributed by atoms with Gasteiger partial charge >= 0.3 is 0 Å². The molecule has 0 radical (unpaired) electrons. The van der Waals surface area contributed by atoms with E-state index in [0.717, 1.165) is 31.2 Å². The predicted molar refractivity (Wildman–Crippen MR) is 210 cm³/mol. The summed E-state index contributed by atoms with van der Waals surface area (Å²) >= 11 is 0. The van der Waals surface area contributed by atoms with Crippen LogP contribution >= 0.6 is 0 Å². The first kappa shape index (κ1) is 52.1. The summed E-state index contributed by atoms with van der Waals surface area (Å²) in [7, 11) is 6.68. The van der Waals surface area contributed by atoms with Crippen LogP contribution in [0.2, 0.25) is 0 Å². The summed E-state index contributed by atoms with van der Waals surface area (Å²) in [6.07, 6.45) is -1.63. The molecule has 15 heteroatoms. The first-order valence-corrected chi connectivity index (χ1v) is 17.9. The number of rotatable bonds is 18. The first-order valence-electron chi connectivity index (χ1n) is 17.9. The van der Waals surface area contributed by atoms with E-state index in [0.29, 0.717) is 5.56 Å². The van der Waals surface area contributed by atoms with Crippen LogP contribution in [0, 0.1) is 11.8 Å². The number of hydrogen-bond acceptors (Lipinski definition) is 11. The minimum atomic E-state index is -1.58. The smallest absolute Gasteiger partial charge is 0.249 e. The van der Waals surface area contributed by atoms with Crippen molar-refractivity contribution in [2.45, 2.75) is 97.6 Å². The number of nitrogens with two attached hydrogens (primary N) is 1. The summed E-state index contributed by atoms with van der Waals surface area (Å²) in [5.41, 5.74) is 7.31. The molecule has 0 saturated carbocycles. The van der Waals surface area contributed by atoms with E-state index in [1.165, 1.54) is 9.80 Å². The van der Waals surface area contributed by atoms with Crippen molar-refractivity contribution in [3.63, 3.8) is 0 Å². The van der Waals surface area contributed by atoms with Crippen LogP contribution in [-0.2, 0) is 19.2 Å². The molecule has 15 nitrogen and oxygen atoms in total. The van der Waals surface area contributed by atoms with Crippen molar-refractivity contribution < 1.29 is 44.7 Å². The second kappa shape index (κ2) is 28.5. The molecule has 2 aromatic rings. The number of aliphatic hydroxyl groups excluding tert-OH is 4. The Hall–Kier alpha value is -3.96. The number of likely N-dealkylation sites (N-methyl/N-ethyl adjacent to an activating group) is 2. The van der Waals surface area contributed by atoms with Crippen LogP contribution in [-0.4, -0.2) is 125 Å². The van der Waals surface area contributed by atoms with Crippen molar-refractivity contribution in [1.82, 2.24) is 25.8 Å². The highest BCUT2D eigenvalue weighted by Gasteiger charge is 2.26. The molecule has 2 aromatic carbocycles. The van der Waals surface area contributed by atoms with Gasteiger partial charge in [0.25, 0.3) is 0 Å². The van der Waals surface area contributed by atoms with Crippen LogP contribution in [0.25, 0.3) is 0 Å². The third kappa shape index (κ3) is 20.5. The molecule has 0 aromatic heterocycles. The maximum Gasteiger partial charge on any atom is 0.249 e. The fourth-order valence-corrected chi connectivity index (χ4v) is 4.89. The quantitative estimate of drug-likeness (QED) is 0.0980. The van der Waals surface area contributed by atoms with Crippen LogP contribution in [0.5, 0.6) is 0 Å². The Kier molecular flexibility index (Phi) is 27.5. The Morgan fingerprint density at radius 2 is 1.04 bits per heavy atom. The second-order valence-electron chi connectivity index (χ2n) is 13.3. The van der Waals surface area contributed by atoms with Gasteiger partial charge in [-0.15, -0.1) is 0 Å². The van der Waals surface area contributed by atoms with Gasteiger partial charge in [-0.2, -0.15) is 0 Å². The Balaban J connectivity index is 0. The van der Waals surface area contributed by atoms with Crippen molar-refractivity contribution in [2.24, 2.45) is 17.6 Å². The third-order valence-electron chi connectivity index (χ3n) is 8.08. The maximum absolute atomic E-state index is 12.4. The number of hydrogen-bond donors (Lipinski definition) is 9. The number of amides is 4. The van der Waals surface area contributed by atoms with Crippen LogP contribution in [0.1, 0.15) is 84.0 Å². The molecule has 54 heavy (non-hydrogen) atoms. The summed E-state index contributed by atoms with van der Waals surface area (Å²) < 4.78 is 0. The number of carbonyl (C=O) groups is 4. The van der Waals surface area contributed by atoms with Crippen molar-refractivity contribution in [3.8, 4) is 0 Å². The zero-order valence-corrected chi connectivity index (χ0v) is 32.5. The molecule has 0 spiro atoms. The van der Waals surface area contributed by atoms with Crippen LogP contribution in [0.4, 0.5) is 0 Å². The molecular weight excluding hydrogens is 696 g/mol. The summed E-state index contributed by atoms with van der Waals surface area (Å²) in [6, 6.07) is 17.1. The molecule has 0 heterocycles. The Morgan fingerprint density at radius 1 is 0.648 bits per heavy atom. The van der Waals surface area contributed by atoms with Gasteiger partial charge < -0.3 is 51.7 Å². The van der Waals surface area contributed by atoms with E-state index in [2.05, 4.69) is 16.0 Å². The summed E-state index contributed by atoms with van der Waals surface area (Å²) in [5.74, 6) is -1.64. The molecule has 308 valence electrons. The number of benzene rings is 2. The number of nitrogens with one attached hydrogen (secondary N) is 3. The van der Waals surface area contributed by atoms with E-state index in [1.54, 1.807) is 47.2 Å². The van der Waals surface area contributed by atoms with Crippen molar-refractivity contribution in [3.05, 3.63) is 71.8 Å². The van der Waals surface area contributed by atoms with E-state index in [1.807, 2.05) is 69.3 Å². The molecule has 7 atom stereocenters. The van der Waals surface area contributed by atoms with Gasteiger partial charge in [-0.1, -0.05) is 109 Å². The van der Waals surface area contributed by atoms with E-state index >= 15 is 0 Å². The lowest BCUT2D eigenvalue weighted by Crippen LogP contribution is -2.49. The van der Waals surface area contributed by atoms with Gasteiger partial charge in [-0.3, -0.25) is 24.5 Å². The minimum Gasteiger partial charge on any atom is -0.383 e. The van der Waals surface area contributed by atoms with Crippen molar-refractivity contribution in [1.29, 1.82) is 0 Å². The zero-order chi connectivity index (χ0) is 40.7. The second-order valence-corrected chi connectivity index (χ2v) is 13.3. The minimum absolute atomic E-state index is 0. The summed E-state index contributed by atoms with van der Waals surface area (Å²) in [5, 5.41) is 54.2. The van der Waals surface area contributed by atoms with Gasteiger partial charge in [0.05, 0.1) is 13.1 Å². The van der Waals surface area contributed by atoms with Gasteiger partial charge in [0, 0.05) is 28.2 Å². The Morgan fingerprint density at radius 3 is 1.41 bits per heavy atom. The van der Waals surface area contributed by atoms with Crippen molar-refractivity contribution in [2.75, 3.05) is 41.3 Å². The lowest BCUT2D eigenvalue weighted by Gasteiger charge is -2.25. The molecule has 0 fully saturated rings. The molecular formula is C39H68N6O9. The van der Waals surface area contributed by atoms with Gasteiger partial charge in [-0.05, 0) is 35.8 Å².